The van der Waals surface area contributed by atoms with Gasteiger partial charge in [0, 0.05) is 10.7 Å². The van der Waals surface area contributed by atoms with Gasteiger partial charge in [0.25, 0.3) is 11.1 Å². The highest BCUT2D eigenvalue weighted by atomic mass is 127. The van der Waals surface area contributed by atoms with Crippen LogP contribution < -0.4 is 10.1 Å². The zero-order chi connectivity index (χ0) is 22.7. The first-order valence-electron chi connectivity index (χ1n) is 9.16. The lowest BCUT2D eigenvalue weighted by molar-refractivity contribution is -0.127. The van der Waals surface area contributed by atoms with Gasteiger partial charge >= 0.3 is 0 Å². The number of nitrogens with one attached hydrogen (secondary N) is 1. The van der Waals surface area contributed by atoms with Crippen molar-refractivity contribution in [1.82, 2.24) is 4.90 Å². The Balaban J connectivity index is 1.76. The predicted octanol–water partition coefficient (Wildman–Crippen LogP) is 5.03. The molecule has 0 atom stereocenters. The van der Waals surface area contributed by atoms with Crippen molar-refractivity contribution in [1.29, 1.82) is 0 Å². The third kappa shape index (κ3) is 5.52. The summed E-state index contributed by atoms with van der Waals surface area (Å²) >= 11 is 8.67. The average Bonchev–Trinajstić information content (AvgIpc) is 2.96. The molecule has 162 valence electrons. The standard InChI is InChI=1S/C21H18ClIN2O5S/c1-3-30-16-7-12(6-14(23)19(16)27)8-17-20(28)25(21(29)31-17)10-18(26)24-15-9-13(22)5-4-11(15)2/h4-9,27H,3,10H2,1-2H3,(H,24,26)/b17-8+. The predicted molar refractivity (Wildman–Crippen MR) is 129 cm³/mol. The van der Waals surface area contributed by atoms with Crippen molar-refractivity contribution in [2.24, 2.45) is 0 Å². The Morgan fingerprint density at radius 2 is 2.06 bits per heavy atom. The molecule has 0 spiro atoms. The first-order valence-corrected chi connectivity index (χ1v) is 11.4. The normalized spacial score (nSPS) is 15.0. The Bertz CT molecular complexity index is 1110. The summed E-state index contributed by atoms with van der Waals surface area (Å²) in [6.45, 7) is 3.56. The van der Waals surface area contributed by atoms with Gasteiger partial charge in [-0.1, -0.05) is 17.7 Å². The minimum atomic E-state index is -0.561. The largest absolute Gasteiger partial charge is 0.504 e. The second-order valence-corrected chi connectivity index (χ2v) is 9.15. The highest BCUT2D eigenvalue weighted by Gasteiger charge is 2.36. The van der Waals surface area contributed by atoms with E-state index in [2.05, 4.69) is 5.32 Å². The molecule has 2 aromatic rings. The van der Waals surface area contributed by atoms with Crippen molar-refractivity contribution < 1.29 is 24.2 Å². The molecule has 0 saturated carbocycles. The lowest BCUT2D eigenvalue weighted by atomic mass is 10.2. The fraction of sp³-hybridized carbons (Fsp3) is 0.190. The molecule has 10 heteroatoms. The summed E-state index contributed by atoms with van der Waals surface area (Å²) in [7, 11) is 0. The second kappa shape index (κ2) is 9.92. The summed E-state index contributed by atoms with van der Waals surface area (Å²) in [5.74, 6) is -0.766. The number of hydrogen-bond donors (Lipinski definition) is 2. The molecule has 0 bridgehead atoms. The smallest absolute Gasteiger partial charge is 0.294 e. The minimum absolute atomic E-state index is 0.0145. The van der Waals surface area contributed by atoms with E-state index in [4.69, 9.17) is 16.3 Å². The van der Waals surface area contributed by atoms with Crippen molar-refractivity contribution in [3.63, 3.8) is 0 Å². The van der Waals surface area contributed by atoms with Gasteiger partial charge in [-0.3, -0.25) is 19.3 Å². The molecule has 31 heavy (non-hydrogen) atoms. The summed E-state index contributed by atoms with van der Waals surface area (Å²) in [4.78, 5) is 38.6. The molecular formula is C21H18ClIN2O5S. The number of nitrogens with zero attached hydrogens (tertiary/aromatic N) is 1. The van der Waals surface area contributed by atoms with Crippen molar-refractivity contribution >= 4 is 74.8 Å². The minimum Gasteiger partial charge on any atom is -0.504 e. The third-order valence-corrected chi connectivity index (χ3v) is 6.26. The van der Waals surface area contributed by atoms with Crippen LogP contribution in [0.15, 0.2) is 35.2 Å². The van der Waals surface area contributed by atoms with Crippen LogP contribution in [-0.2, 0) is 9.59 Å². The summed E-state index contributed by atoms with van der Waals surface area (Å²) in [5, 5.41) is 12.7. The van der Waals surface area contributed by atoms with Gasteiger partial charge in [0.15, 0.2) is 11.5 Å². The van der Waals surface area contributed by atoms with Crippen LogP contribution in [0, 0.1) is 10.5 Å². The van der Waals surface area contributed by atoms with E-state index < -0.39 is 23.6 Å². The first-order chi connectivity index (χ1) is 14.7. The number of hydrogen-bond acceptors (Lipinski definition) is 6. The number of carbonyl (C=O) groups excluding carboxylic acids is 3. The number of thioether (sulfide) groups is 1. The average molecular weight is 573 g/mol. The molecule has 1 aliphatic rings. The van der Waals surface area contributed by atoms with E-state index in [1.54, 1.807) is 37.3 Å². The Kier molecular flexibility index (Phi) is 7.50. The van der Waals surface area contributed by atoms with E-state index in [-0.39, 0.29) is 16.4 Å². The van der Waals surface area contributed by atoms with E-state index in [9.17, 15) is 19.5 Å². The van der Waals surface area contributed by atoms with Gasteiger partial charge in [-0.25, -0.2) is 0 Å². The molecule has 0 radical (unpaired) electrons. The molecule has 3 amide bonds. The molecular weight excluding hydrogens is 555 g/mol. The van der Waals surface area contributed by atoms with Crippen LogP contribution in [0.1, 0.15) is 18.1 Å². The number of ether oxygens (including phenoxy) is 1. The number of phenols is 1. The van der Waals surface area contributed by atoms with E-state index in [1.807, 2.05) is 29.5 Å². The zero-order valence-corrected chi connectivity index (χ0v) is 20.3. The monoisotopic (exact) mass is 572 g/mol. The van der Waals surface area contributed by atoms with Crippen LogP contribution in [0.5, 0.6) is 11.5 Å². The molecule has 0 aromatic heterocycles. The number of anilines is 1. The number of rotatable bonds is 6. The zero-order valence-electron chi connectivity index (χ0n) is 16.6. The van der Waals surface area contributed by atoms with Crippen molar-refractivity contribution in [2.45, 2.75) is 13.8 Å². The van der Waals surface area contributed by atoms with Gasteiger partial charge < -0.3 is 15.2 Å². The number of phenolic OH excluding ortho intramolecular Hbond substituents is 1. The highest BCUT2D eigenvalue weighted by Crippen LogP contribution is 2.36. The highest BCUT2D eigenvalue weighted by molar-refractivity contribution is 14.1. The Labute approximate surface area is 201 Å². The second-order valence-electron chi connectivity index (χ2n) is 6.56. The SMILES string of the molecule is CCOc1cc(/C=C2/SC(=O)N(CC(=O)Nc3cc(Cl)ccc3C)C2=O)cc(I)c1O. The number of aromatic hydroxyl groups is 1. The molecule has 3 rings (SSSR count). The van der Waals surface area contributed by atoms with Crippen LogP contribution in [0.4, 0.5) is 10.5 Å². The summed E-state index contributed by atoms with van der Waals surface area (Å²) in [5.41, 5.74) is 1.91. The number of benzene rings is 2. The summed E-state index contributed by atoms with van der Waals surface area (Å²) in [6.07, 6.45) is 1.54. The molecule has 0 unspecified atom stereocenters. The van der Waals surface area contributed by atoms with E-state index in [0.717, 1.165) is 22.2 Å². The van der Waals surface area contributed by atoms with Gasteiger partial charge in [-0.05, 0) is 89.7 Å². The fourth-order valence-electron chi connectivity index (χ4n) is 2.79. The fourth-order valence-corrected chi connectivity index (χ4v) is 4.43. The van der Waals surface area contributed by atoms with Gasteiger partial charge in [-0.15, -0.1) is 0 Å². The van der Waals surface area contributed by atoms with Gasteiger partial charge in [0.05, 0.1) is 15.1 Å². The lowest BCUT2D eigenvalue weighted by Gasteiger charge is -2.14. The molecule has 7 nitrogen and oxygen atoms in total. The molecule has 1 fully saturated rings. The van der Waals surface area contributed by atoms with Gasteiger partial charge in [0.2, 0.25) is 5.91 Å². The maximum absolute atomic E-state index is 12.7. The molecule has 1 saturated heterocycles. The third-order valence-electron chi connectivity index (χ3n) is 4.30. The topological polar surface area (TPSA) is 95.9 Å². The molecule has 1 heterocycles. The first kappa shape index (κ1) is 23.4. The number of aryl methyl sites for hydroxylation is 1. The van der Waals surface area contributed by atoms with Crippen LogP contribution in [0.2, 0.25) is 5.02 Å². The Morgan fingerprint density at radius 1 is 1.32 bits per heavy atom. The lowest BCUT2D eigenvalue weighted by Crippen LogP contribution is -2.36. The van der Waals surface area contributed by atoms with Crippen molar-refractivity contribution in [3.05, 3.63) is 55.0 Å². The molecule has 0 aliphatic carbocycles. The van der Waals surface area contributed by atoms with E-state index >= 15 is 0 Å². The van der Waals surface area contributed by atoms with Crippen LogP contribution >= 0.6 is 46.0 Å². The van der Waals surface area contributed by atoms with Crippen LogP contribution in [0.3, 0.4) is 0 Å². The number of amides is 3. The molecule has 2 aromatic carbocycles. The Hall–Kier alpha value is -2.24. The van der Waals surface area contributed by atoms with Gasteiger partial charge in [0.1, 0.15) is 6.54 Å². The van der Waals surface area contributed by atoms with Crippen LogP contribution in [-0.4, -0.2) is 40.2 Å². The van der Waals surface area contributed by atoms with E-state index in [0.29, 0.717) is 26.5 Å². The quantitative estimate of drug-likeness (QED) is 0.372. The summed E-state index contributed by atoms with van der Waals surface area (Å²) in [6, 6.07) is 8.32. The number of halogens is 2. The van der Waals surface area contributed by atoms with Crippen molar-refractivity contribution in [3.8, 4) is 11.5 Å². The number of imide groups is 1. The Morgan fingerprint density at radius 3 is 2.77 bits per heavy atom. The maximum Gasteiger partial charge on any atom is 0.294 e. The van der Waals surface area contributed by atoms with Gasteiger partial charge in [-0.2, -0.15) is 0 Å². The van der Waals surface area contributed by atoms with E-state index in [1.165, 1.54) is 6.08 Å². The van der Waals surface area contributed by atoms with Crippen molar-refractivity contribution in [2.75, 3.05) is 18.5 Å². The molecule has 1 aliphatic heterocycles. The maximum atomic E-state index is 12.7. The molecule has 2 N–H and O–H groups in total. The summed E-state index contributed by atoms with van der Waals surface area (Å²) < 4.78 is 5.95. The number of carbonyl (C=O) groups is 3. The van der Waals surface area contributed by atoms with Crippen LogP contribution in [0.25, 0.3) is 6.08 Å².